The van der Waals surface area contributed by atoms with E-state index in [1.807, 2.05) is 60.7 Å². The van der Waals surface area contributed by atoms with Gasteiger partial charge in [-0.15, -0.1) is 0 Å². The molecular weight excluding hydrogens is 392 g/mol. The summed E-state index contributed by atoms with van der Waals surface area (Å²) in [6.45, 7) is 0. The maximum Gasteiger partial charge on any atom is 0.405 e. The number of carboxylic acid groups (broad SMARTS) is 1. The molecule has 2 atom stereocenters. The molecule has 1 heterocycles. The number of aromatic nitrogens is 2. The van der Waals surface area contributed by atoms with Crippen LogP contribution in [0.1, 0.15) is 23.4 Å². The third-order valence-electron chi connectivity index (χ3n) is 4.90. The third kappa shape index (κ3) is 7.54. The van der Waals surface area contributed by atoms with Crippen molar-refractivity contribution in [2.75, 3.05) is 0 Å². The lowest BCUT2D eigenvalue weighted by Crippen LogP contribution is -2.51. The summed E-state index contributed by atoms with van der Waals surface area (Å²) in [5.41, 5.74) is 1.97. The van der Waals surface area contributed by atoms with E-state index in [0.717, 1.165) is 11.1 Å². The summed E-state index contributed by atoms with van der Waals surface area (Å²) in [6, 6.07) is 19.9. The second-order valence-corrected chi connectivity index (χ2v) is 7.29. The van der Waals surface area contributed by atoms with Gasteiger partial charge in [-0.1, -0.05) is 60.7 Å². The van der Waals surface area contributed by atoms with E-state index in [9.17, 15) is 14.7 Å². The van der Waals surface area contributed by atoms with Gasteiger partial charge in [0.2, 0.25) is 5.91 Å². The van der Waals surface area contributed by atoms with Crippen LogP contribution in [0.5, 0.6) is 0 Å². The van der Waals surface area contributed by atoms with Crippen LogP contribution >= 0.6 is 0 Å². The van der Waals surface area contributed by atoms with Crippen LogP contribution in [0, 0.1) is 0 Å². The highest BCUT2D eigenvalue weighted by atomic mass is 16.4. The van der Waals surface area contributed by atoms with E-state index in [2.05, 4.69) is 20.6 Å². The minimum atomic E-state index is -1.23. The number of amides is 2. The maximum absolute atomic E-state index is 13.0. The van der Waals surface area contributed by atoms with E-state index in [1.165, 1.54) is 0 Å². The average Bonchev–Trinajstić information content (AvgIpc) is 2.79. The number of benzene rings is 2. The molecule has 0 aliphatic rings. The van der Waals surface area contributed by atoms with Crippen molar-refractivity contribution in [1.82, 2.24) is 20.6 Å². The number of hydrogen-bond donors (Lipinski definition) is 3. The molecule has 3 aromatic rings. The summed E-state index contributed by atoms with van der Waals surface area (Å²) >= 11 is 0. The van der Waals surface area contributed by atoms with Crippen LogP contribution in [0.2, 0.25) is 0 Å². The number of hydrogen-bond acceptors (Lipinski definition) is 4. The van der Waals surface area contributed by atoms with Crippen molar-refractivity contribution < 1.29 is 14.7 Å². The first-order valence-electron chi connectivity index (χ1n) is 10.2. The summed E-state index contributed by atoms with van der Waals surface area (Å²) in [7, 11) is 0. The van der Waals surface area contributed by atoms with Gasteiger partial charge >= 0.3 is 6.09 Å². The molecule has 3 N–H and O–H groups in total. The zero-order valence-electron chi connectivity index (χ0n) is 17.1. The van der Waals surface area contributed by atoms with Gasteiger partial charge < -0.3 is 15.7 Å². The summed E-state index contributed by atoms with van der Waals surface area (Å²) in [5, 5.41) is 14.6. The number of carbonyl (C=O) groups is 2. The molecular formula is C24H26N4O3. The monoisotopic (exact) mass is 418 g/mol. The van der Waals surface area contributed by atoms with Crippen LogP contribution in [-0.4, -0.2) is 39.2 Å². The summed E-state index contributed by atoms with van der Waals surface area (Å²) in [5.74, 6) is 0.362. The maximum atomic E-state index is 13.0. The Morgan fingerprint density at radius 1 is 0.806 bits per heavy atom. The van der Waals surface area contributed by atoms with Gasteiger partial charge in [-0.2, -0.15) is 0 Å². The minimum Gasteiger partial charge on any atom is -0.465 e. The van der Waals surface area contributed by atoms with Gasteiger partial charge in [-0.05, 0) is 30.0 Å². The molecule has 2 amide bonds. The number of nitrogens with zero attached hydrogens (tertiary/aromatic N) is 2. The molecule has 31 heavy (non-hydrogen) atoms. The van der Waals surface area contributed by atoms with Crippen molar-refractivity contribution in [3.8, 4) is 0 Å². The van der Waals surface area contributed by atoms with Gasteiger partial charge in [-0.3, -0.25) is 4.79 Å². The normalized spacial score (nSPS) is 12.5. The lowest BCUT2D eigenvalue weighted by Gasteiger charge is -2.23. The standard InChI is InChI=1S/C24H26N4O3/c29-23(21(28-24(30)31)17-19-10-5-2-6-11-19)27-20(16-18-8-3-1-4-9-18)12-13-22-25-14-7-15-26-22/h1-11,14-15,20-21,28H,12-13,16-17H2,(H,27,29)(H,30,31). The van der Waals surface area contributed by atoms with Crippen molar-refractivity contribution in [2.24, 2.45) is 0 Å². The molecule has 2 aromatic carbocycles. The van der Waals surface area contributed by atoms with Gasteiger partial charge in [0.25, 0.3) is 0 Å². The molecule has 3 rings (SSSR count). The average molecular weight is 418 g/mol. The lowest BCUT2D eigenvalue weighted by atomic mass is 10.00. The molecule has 0 bridgehead atoms. The van der Waals surface area contributed by atoms with Crippen molar-refractivity contribution in [3.63, 3.8) is 0 Å². The Hall–Kier alpha value is -3.74. The molecule has 0 radical (unpaired) electrons. The van der Waals surface area contributed by atoms with E-state index in [1.54, 1.807) is 18.5 Å². The van der Waals surface area contributed by atoms with E-state index < -0.39 is 12.1 Å². The summed E-state index contributed by atoms with van der Waals surface area (Å²) in [4.78, 5) is 32.8. The topological polar surface area (TPSA) is 104 Å². The first-order chi connectivity index (χ1) is 15.1. The quantitative estimate of drug-likeness (QED) is 0.470. The van der Waals surface area contributed by atoms with Crippen molar-refractivity contribution >= 4 is 12.0 Å². The van der Waals surface area contributed by atoms with Crippen LogP contribution < -0.4 is 10.6 Å². The molecule has 2 unspecified atom stereocenters. The second-order valence-electron chi connectivity index (χ2n) is 7.29. The fourth-order valence-corrected chi connectivity index (χ4v) is 3.40. The molecule has 0 saturated carbocycles. The first kappa shape index (κ1) is 22.0. The highest BCUT2D eigenvalue weighted by Crippen LogP contribution is 2.10. The fraction of sp³-hybridized carbons (Fsp3) is 0.250. The van der Waals surface area contributed by atoms with E-state index in [4.69, 9.17) is 0 Å². The molecule has 7 heteroatoms. The van der Waals surface area contributed by atoms with Crippen LogP contribution in [0.25, 0.3) is 0 Å². The highest BCUT2D eigenvalue weighted by Gasteiger charge is 2.24. The highest BCUT2D eigenvalue weighted by molar-refractivity contribution is 5.85. The van der Waals surface area contributed by atoms with Crippen LogP contribution in [0.4, 0.5) is 4.79 Å². The molecule has 0 aliphatic carbocycles. The molecule has 1 aromatic heterocycles. The fourth-order valence-electron chi connectivity index (χ4n) is 3.40. The van der Waals surface area contributed by atoms with Crippen LogP contribution in [0.15, 0.2) is 79.1 Å². The Morgan fingerprint density at radius 3 is 1.97 bits per heavy atom. The van der Waals surface area contributed by atoms with Crippen molar-refractivity contribution in [1.29, 1.82) is 0 Å². The van der Waals surface area contributed by atoms with E-state index in [-0.39, 0.29) is 18.4 Å². The molecule has 0 spiro atoms. The van der Waals surface area contributed by atoms with Crippen molar-refractivity contribution in [2.45, 2.75) is 37.8 Å². The van der Waals surface area contributed by atoms with Crippen molar-refractivity contribution in [3.05, 3.63) is 96.1 Å². The van der Waals surface area contributed by atoms with Gasteiger partial charge in [0.05, 0.1) is 0 Å². The number of nitrogens with one attached hydrogen (secondary N) is 2. The van der Waals surface area contributed by atoms with Gasteiger partial charge in [0.1, 0.15) is 11.9 Å². The number of rotatable bonds is 10. The Labute approximate surface area is 181 Å². The van der Waals surface area contributed by atoms with Crippen LogP contribution in [0.3, 0.4) is 0 Å². The van der Waals surface area contributed by atoms with E-state index in [0.29, 0.717) is 25.1 Å². The largest absolute Gasteiger partial charge is 0.465 e. The molecule has 7 nitrogen and oxygen atoms in total. The Bertz CT molecular complexity index is 952. The SMILES string of the molecule is O=C(O)NC(Cc1ccccc1)C(=O)NC(CCc1ncccn1)Cc1ccccc1. The molecule has 0 fully saturated rings. The third-order valence-corrected chi connectivity index (χ3v) is 4.90. The first-order valence-corrected chi connectivity index (χ1v) is 10.2. The summed E-state index contributed by atoms with van der Waals surface area (Å²) in [6.07, 6.45) is 4.31. The Morgan fingerprint density at radius 2 is 1.39 bits per heavy atom. The predicted octanol–water partition coefficient (Wildman–Crippen LogP) is 3.02. The smallest absolute Gasteiger partial charge is 0.405 e. The van der Waals surface area contributed by atoms with E-state index >= 15 is 0 Å². The van der Waals surface area contributed by atoms with Gasteiger partial charge in [-0.25, -0.2) is 14.8 Å². The zero-order chi connectivity index (χ0) is 21.9. The molecule has 160 valence electrons. The van der Waals surface area contributed by atoms with Gasteiger partial charge in [0.15, 0.2) is 0 Å². The van der Waals surface area contributed by atoms with Crippen LogP contribution in [-0.2, 0) is 24.1 Å². The number of aryl methyl sites for hydroxylation is 1. The zero-order valence-corrected chi connectivity index (χ0v) is 17.1. The summed E-state index contributed by atoms with van der Waals surface area (Å²) < 4.78 is 0. The Balaban J connectivity index is 1.71. The lowest BCUT2D eigenvalue weighted by molar-refractivity contribution is -0.123. The minimum absolute atomic E-state index is 0.187. The Kier molecular flexibility index (Phi) is 8.11. The molecule has 0 aliphatic heterocycles. The van der Waals surface area contributed by atoms with Gasteiger partial charge in [0, 0.05) is 31.3 Å². The predicted molar refractivity (Wildman–Crippen MR) is 118 cm³/mol. The molecule has 0 saturated heterocycles. The number of carbonyl (C=O) groups excluding carboxylic acids is 1. The second kappa shape index (κ2) is 11.4.